The van der Waals surface area contributed by atoms with Crippen molar-refractivity contribution in [1.29, 1.82) is 0 Å². The average Bonchev–Trinajstić information content (AvgIpc) is 3.29. The van der Waals surface area contributed by atoms with Crippen molar-refractivity contribution >= 4 is 33.5 Å². The van der Waals surface area contributed by atoms with Crippen LogP contribution in [0.1, 0.15) is 42.9 Å². The third kappa shape index (κ3) is 3.00. The summed E-state index contributed by atoms with van der Waals surface area (Å²) in [6, 6.07) is 6.80. The molecule has 0 saturated carbocycles. The maximum absolute atomic E-state index is 5.80. The van der Waals surface area contributed by atoms with Gasteiger partial charge in [-0.15, -0.1) is 5.10 Å². The molecular weight excluding hydrogens is 358 g/mol. The molecule has 6 nitrogen and oxygen atoms in total. The summed E-state index contributed by atoms with van der Waals surface area (Å²) >= 11 is 1.38. The molecule has 1 aromatic carbocycles. The Kier molecular flexibility index (Phi) is 4.13. The summed E-state index contributed by atoms with van der Waals surface area (Å²) in [6.07, 6.45) is 4.82. The number of aromatic nitrogens is 5. The van der Waals surface area contributed by atoms with Gasteiger partial charge in [-0.25, -0.2) is 4.98 Å². The quantitative estimate of drug-likeness (QED) is 0.537. The topological polar surface area (TPSA) is 65.7 Å². The van der Waals surface area contributed by atoms with Gasteiger partial charge in [0.15, 0.2) is 0 Å². The molecule has 5 rings (SSSR count). The van der Waals surface area contributed by atoms with Crippen molar-refractivity contribution < 1.29 is 4.74 Å². The fourth-order valence-corrected chi connectivity index (χ4v) is 4.54. The second kappa shape index (κ2) is 6.65. The summed E-state index contributed by atoms with van der Waals surface area (Å²) in [6.45, 7) is 5.06. The van der Waals surface area contributed by atoms with E-state index in [1.54, 1.807) is 0 Å². The van der Waals surface area contributed by atoms with Crippen molar-refractivity contribution in [2.24, 2.45) is 0 Å². The van der Waals surface area contributed by atoms with Crippen LogP contribution in [0.3, 0.4) is 0 Å². The van der Waals surface area contributed by atoms with Crippen LogP contribution in [0.2, 0.25) is 0 Å². The molecule has 7 heteroatoms. The number of hydrogen-bond donors (Lipinski definition) is 0. The lowest BCUT2D eigenvalue weighted by molar-refractivity contribution is 0.00631. The normalized spacial score (nSPS) is 20.5. The Balaban J connectivity index is 1.76. The number of ether oxygens (including phenoxy) is 1. The van der Waals surface area contributed by atoms with Crippen molar-refractivity contribution in [3.05, 3.63) is 46.9 Å². The molecule has 0 spiro atoms. The first-order valence-corrected chi connectivity index (χ1v) is 10.2. The Morgan fingerprint density at radius 3 is 3.04 bits per heavy atom. The molecular formula is C20H21N5OS. The molecule has 27 heavy (non-hydrogen) atoms. The van der Waals surface area contributed by atoms with Crippen LogP contribution in [-0.4, -0.2) is 36.8 Å². The monoisotopic (exact) mass is 379 g/mol. The number of fused-ring (bicyclic) bond motifs is 3. The molecule has 1 aliphatic rings. The Hall–Kier alpha value is -2.38. The van der Waals surface area contributed by atoms with Crippen LogP contribution in [0, 0.1) is 6.92 Å². The summed E-state index contributed by atoms with van der Waals surface area (Å²) in [7, 11) is 0. The number of imidazole rings is 1. The van der Waals surface area contributed by atoms with E-state index in [-0.39, 0.29) is 6.10 Å². The Morgan fingerprint density at radius 2 is 2.22 bits per heavy atom. The van der Waals surface area contributed by atoms with Gasteiger partial charge < -0.3 is 9.30 Å². The van der Waals surface area contributed by atoms with E-state index in [9.17, 15) is 0 Å². The van der Waals surface area contributed by atoms with E-state index < -0.39 is 0 Å². The number of rotatable bonds is 3. The van der Waals surface area contributed by atoms with Gasteiger partial charge in [-0.1, -0.05) is 16.1 Å². The zero-order chi connectivity index (χ0) is 18.4. The summed E-state index contributed by atoms with van der Waals surface area (Å²) in [4.78, 5) is 9.60. The van der Waals surface area contributed by atoms with E-state index in [0.717, 1.165) is 42.0 Å². The van der Waals surface area contributed by atoms with Crippen molar-refractivity contribution in [3.63, 3.8) is 0 Å². The molecule has 0 N–H and O–H groups in total. The molecule has 1 saturated heterocycles. The molecule has 0 unspecified atom stereocenters. The number of nitrogens with zero attached hydrogens (tertiary/aromatic N) is 5. The molecule has 2 atom stereocenters. The van der Waals surface area contributed by atoms with Crippen molar-refractivity contribution in [2.45, 2.75) is 45.3 Å². The SMILES string of the molecule is Cc1ccc2ncc3nc(Cc4csnn4)n([C@@H]4CCO[C@H](C)C4)c3c2c1. The molecule has 4 heterocycles. The fourth-order valence-electron chi connectivity index (χ4n) is 4.09. The van der Waals surface area contributed by atoms with Crippen LogP contribution in [0.15, 0.2) is 29.8 Å². The van der Waals surface area contributed by atoms with Crippen LogP contribution in [-0.2, 0) is 11.2 Å². The van der Waals surface area contributed by atoms with Gasteiger partial charge in [-0.05, 0) is 50.4 Å². The van der Waals surface area contributed by atoms with Crippen LogP contribution in [0.5, 0.6) is 0 Å². The number of pyridine rings is 1. The predicted octanol–water partition coefficient (Wildman–Crippen LogP) is 4.08. The van der Waals surface area contributed by atoms with Gasteiger partial charge in [0, 0.05) is 23.4 Å². The lowest BCUT2D eigenvalue weighted by Crippen LogP contribution is -2.26. The summed E-state index contributed by atoms with van der Waals surface area (Å²) in [5.74, 6) is 1.03. The predicted molar refractivity (Wildman–Crippen MR) is 106 cm³/mol. The molecule has 0 bridgehead atoms. The molecule has 3 aromatic heterocycles. The molecule has 0 amide bonds. The first-order chi connectivity index (χ1) is 13.2. The minimum absolute atomic E-state index is 0.254. The highest BCUT2D eigenvalue weighted by Gasteiger charge is 2.26. The summed E-state index contributed by atoms with van der Waals surface area (Å²) in [5.41, 5.74) is 5.34. The van der Waals surface area contributed by atoms with E-state index in [0.29, 0.717) is 12.5 Å². The van der Waals surface area contributed by atoms with E-state index in [4.69, 9.17) is 9.72 Å². The van der Waals surface area contributed by atoms with Crippen molar-refractivity contribution in [2.75, 3.05) is 6.61 Å². The van der Waals surface area contributed by atoms with Crippen molar-refractivity contribution in [1.82, 2.24) is 24.1 Å². The van der Waals surface area contributed by atoms with E-state index in [2.05, 4.69) is 51.2 Å². The Morgan fingerprint density at radius 1 is 1.30 bits per heavy atom. The summed E-state index contributed by atoms with van der Waals surface area (Å²) in [5, 5.41) is 7.40. The summed E-state index contributed by atoms with van der Waals surface area (Å²) < 4.78 is 12.2. The van der Waals surface area contributed by atoms with Gasteiger partial charge in [-0.3, -0.25) is 4.98 Å². The van der Waals surface area contributed by atoms with E-state index in [1.165, 1.54) is 28.0 Å². The Labute approximate surface area is 161 Å². The first kappa shape index (κ1) is 16.8. The molecule has 0 radical (unpaired) electrons. The van der Waals surface area contributed by atoms with Crippen LogP contribution in [0.25, 0.3) is 21.9 Å². The van der Waals surface area contributed by atoms with Gasteiger partial charge in [0.2, 0.25) is 0 Å². The highest BCUT2D eigenvalue weighted by Crippen LogP contribution is 2.34. The average molecular weight is 379 g/mol. The van der Waals surface area contributed by atoms with Crippen LogP contribution < -0.4 is 0 Å². The zero-order valence-electron chi connectivity index (χ0n) is 15.4. The minimum atomic E-state index is 0.254. The maximum atomic E-state index is 5.80. The first-order valence-electron chi connectivity index (χ1n) is 9.33. The zero-order valence-corrected chi connectivity index (χ0v) is 16.2. The number of hydrogen-bond acceptors (Lipinski definition) is 6. The van der Waals surface area contributed by atoms with E-state index >= 15 is 0 Å². The highest BCUT2D eigenvalue weighted by atomic mass is 32.1. The molecule has 0 aliphatic carbocycles. The molecule has 1 aliphatic heterocycles. The molecule has 4 aromatic rings. The van der Waals surface area contributed by atoms with Gasteiger partial charge in [-0.2, -0.15) is 0 Å². The second-order valence-electron chi connectivity index (χ2n) is 7.34. The van der Waals surface area contributed by atoms with Gasteiger partial charge in [0.25, 0.3) is 0 Å². The smallest absolute Gasteiger partial charge is 0.116 e. The highest BCUT2D eigenvalue weighted by molar-refractivity contribution is 7.03. The maximum Gasteiger partial charge on any atom is 0.116 e. The van der Waals surface area contributed by atoms with Gasteiger partial charge >= 0.3 is 0 Å². The Bertz CT molecular complexity index is 1100. The number of benzene rings is 1. The van der Waals surface area contributed by atoms with E-state index in [1.807, 2.05) is 11.6 Å². The second-order valence-corrected chi connectivity index (χ2v) is 7.95. The van der Waals surface area contributed by atoms with Gasteiger partial charge in [0.1, 0.15) is 11.3 Å². The van der Waals surface area contributed by atoms with Crippen molar-refractivity contribution in [3.8, 4) is 0 Å². The third-order valence-corrected chi connectivity index (χ3v) is 5.86. The largest absolute Gasteiger partial charge is 0.378 e. The lowest BCUT2D eigenvalue weighted by Gasteiger charge is -2.30. The van der Waals surface area contributed by atoms with Crippen LogP contribution in [0.4, 0.5) is 0 Å². The minimum Gasteiger partial charge on any atom is -0.378 e. The van der Waals surface area contributed by atoms with Gasteiger partial charge in [0.05, 0.1) is 35.4 Å². The van der Waals surface area contributed by atoms with Crippen LogP contribution >= 0.6 is 11.5 Å². The number of aryl methyl sites for hydroxylation is 1. The lowest BCUT2D eigenvalue weighted by atomic mass is 10.0. The third-order valence-electron chi connectivity index (χ3n) is 5.31. The molecule has 138 valence electrons. The molecule has 1 fully saturated rings. The standard InChI is InChI=1S/C20H21N5OS/c1-12-3-4-17-16(7-12)20-18(10-21-17)22-19(9-14-11-27-24-23-14)25(20)15-5-6-26-13(2)8-15/h3-4,7,10-11,13,15H,5-6,8-9H2,1-2H3/t13-,15-/m1/s1. The fraction of sp³-hybridized carbons (Fsp3) is 0.400.